The first-order chi connectivity index (χ1) is 19.6. The molecular weight excluding hydrogens is 514 g/mol. The van der Waals surface area contributed by atoms with E-state index >= 15 is 0 Å². The Morgan fingerprint density at radius 1 is 0.625 bits per heavy atom. The van der Waals surface area contributed by atoms with Gasteiger partial charge in [0.2, 0.25) is 0 Å². The van der Waals surface area contributed by atoms with Crippen LogP contribution in [-0.4, -0.2) is 30.2 Å². The van der Waals surface area contributed by atoms with Gasteiger partial charge >= 0.3 is 0 Å². The van der Waals surface area contributed by atoms with Gasteiger partial charge in [0.05, 0.1) is 33.6 Å². The van der Waals surface area contributed by atoms with Gasteiger partial charge in [0, 0.05) is 33.2 Å². The Hall–Kier alpha value is -5.36. The van der Waals surface area contributed by atoms with Gasteiger partial charge in [-0.05, 0) is 108 Å². The molecule has 0 amide bonds. The van der Waals surface area contributed by atoms with Crippen molar-refractivity contribution in [1.29, 1.82) is 0 Å². The molecule has 2 aliphatic rings. The molecule has 0 radical (unpaired) electrons. The highest BCUT2D eigenvalue weighted by atomic mass is 32.1. The largest absolute Gasteiger partial charge is 0.508 e. The molecule has 0 spiro atoms. The van der Waals surface area contributed by atoms with Gasteiger partial charge in [0.15, 0.2) is 0 Å². The molecule has 3 N–H and O–H groups in total. The van der Waals surface area contributed by atoms with E-state index in [1.165, 1.54) is 0 Å². The van der Waals surface area contributed by atoms with Gasteiger partial charge < -0.3 is 15.1 Å². The van der Waals surface area contributed by atoms with E-state index in [9.17, 15) is 5.11 Å². The number of aromatic nitrogens is 4. The predicted molar refractivity (Wildman–Crippen MR) is 166 cm³/mol. The molecule has 0 aliphatic carbocycles. The maximum Gasteiger partial charge on any atom is 0.115 e. The summed E-state index contributed by atoms with van der Waals surface area (Å²) in [6.45, 7) is 0. The quantitative estimate of drug-likeness (QED) is 0.156. The van der Waals surface area contributed by atoms with Gasteiger partial charge in [-0.15, -0.1) is 0 Å². The summed E-state index contributed by atoms with van der Waals surface area (Å²) >= 11 is 4.76. The lowest BCUT2D eigenvalue weighted by Crippen LogP contribution is -1.86. The third kappa shape index (κ3) is 4.46. The molecule has 8 bridgehead atoms. The Morgan fingerprint density at radius 2 is 1.12 bits per heavy atom. The van der Waals surface area contributed by atoms with Gasteiger partial charge in [-0.2, -0.15) is 4.99 Å². The predicted octanol–water partition coefficient (Wildman–Crippen LogP) is 8.43. The fourth-order valence-electron chi connectivity index (χ4n) is 5.06. The second-order valence-corrected chi connectivity index (χ2v) is 9.68. The van der Waals surface area contributed by atoms with Crippen LogP contribution >= 0.6 is 12.2 Å². The van der Waals surface area contributed by atoms with E-state index in [1.54, 1.807) is 12.1 Å². The van der Waals surface area contributed by atoms with Crippen LogP contribution in [0.25, 0.3) is 68.6 Å². The standard InChI is InChI=1S/C33H21N5OS/c39-27-11-3-21(4-12-27)33-30-15-9-25(37-30)17-23-7-13-28(35-23)32(20-1-5-22(6-2-20)34-19-40)29-14-8-24(36-29)18-26-10-16-31(33)38-26/h1-18,35,38-39H. The number of phenols is 1. The van der Waals surface area contributed by atoms with Crippen LogP contribution in [0.3, 0.4) is 0 Å². The minimum absolute atomic E-state index is 0.221. The van der Waals surface area contributed by atoms with Crippen LogP contribution in [0.5, 0.6) is 5.75 Å². The second kappa shape index (κ2) is 9.75. The number of nitrogens with one attached hydrogen (secondary N) is 2. The van der Waals surface area contributed by atoms with Crippen LogP contribution in [0.1, 0.15) is 22.8 Å². The van der Waals surface area contributed by atoms with Crippen LogP contribution < -0.4 is 0 Å². The van der Waals surface area contributed by atoms with E-state index < -0.39 is 0 Å². The molecule has 0 unspecified atom stereocenters. The molecule has 6 nitrogen and oxygen atoms in total. The van der Waals surface area contributed by atoms with Gasteiger partial charge in [-0.1, -0.05) is 24.3 Å². The topological polar surface area (TPSA) is 89.9 Å². The van der Waals surface area contributed by atoms with E-state index in [0.29, 0.717) is 0 Å². The van der Waals surface area contributed by atoms with Crippen LogP contribution in [0.2, 0.25) is 0 Å². The van der Waals surface area contributed by atoms with Gasteiger partial charge in [0.25, 0.3) is 0 Å². The van der Waals surface area contributed by atoms with Crippen molar-refractivity contribution in [2.24, 2.45) is 4.99 Å². The Bertz CT molecular complexity index is 2060. The highest BCUT2D eigenvalue weighted by Gasteiger charge is 2.13. The normalized spacial score (nSPS) is 11.9. The lowest BCUT2D eigenvalue weighted by Gasteiger charge is -2.04. The number of H-pyrrole nitrogens is 2. The number of rotatable bonds is 3. The summed E-state index contributed by atoms with van der Waals surface area (Å²) in [5, 5.41) is 12.3. The van der Waals surface area contributed by atoms with Crippen molar-refractivity contribution >= 4 is 69.4 Å². The van der Waals surface area contributed by atoms with Crippen molar-refractivity contribution in [2.75, 3.05) is 0 Å². The molecule has 40 heavy (non-hydrogen) atoms. The maximum absolute atomic E-state index is 9.86. The van der Waals surface area contributed by atoms with E-state index in [4.69, 9.17) is 22.2 Å². The van der Waals surface area contributed by atoms with Crippen molar-refractivity contribution in [1.82, 2.24) is 19.9 Å². The summed E-state index contributed by atoms with van der Waals surface area (Å²) < 4.78 is 0. The molecule has 3 aromatic heterocycles. The zero-order chi connectivity index (χ0) is 27.1. The van der Waals surface area contributed by atoms with Crippen LogP contribution in [0.4, 0.5) is 5.69 Å². The number of aromatic hydroxyl groups is 1. The SMILES string of the molecule is Oc1ccc(-c2c3nc(cc4ccc([nH]4)c(-c4ccc(N=C=S)cc4)c4nc(cc5ccc2[nH]5)C=C4)C=C3)cc1. The number of fused-ring (bicyclic) bond motifs is 8. The molecule has 0 fully saturated rings. The monoisotopic (exact) mass is 535 g/mol. The first-order valence-corrected chi connectivity index (χ1v) is 13.1. The minimum atomic E-state index is 0.221. The van der Waals surface area contributed by atoms with Gasteiger partial charge in [-0.3, -0.25) is 0 Å². The fraction of sp³-hybridized carbons (Fsp3) is 0. The summed E-state index contributed by atoms with van der Waals surface area (Å²) in [7, 11) is 0. The first-order valence-electron chi connectivity index (χ1n) is 12.7. The van der Waals surface area contributed by atoms with Crippen LogP contribution in [-0.2, 0) is 0 Å². The number of hydrogen-bond donors (Lipinski definition) is 3. The molecule has 2 aromatic carbocycles. The number of phenolic OH excluding ortho intramolecular Hbond substituents is 1. The summed E-state index contributed by atoms with van der Waals surface area (Å²) in [6, 6.07) is 27.3. The Balaban J connectivity index is 1.52. The molecule has 7 heteroatoms. The van der Waals surface area contributed by atoms with E-state index in [-0.39, 0.29) is 5.75 Å². The van der Waals surface area contributed by atoms with Crippen LogP contribution in [0.15, 0.2) is 89.9 Å². The smallest absolute Gasteiger partial charge is 0.115 e. The zero-order valence-corrected chi connectivity index (χ0v) is 21.9. The summed E-state index contributed by atoms with van der Waals surface area (Å²) in [5.41, 5.74) is 11.7. The van der Waals surface area contributed by atoms with Crippen molar-refractivity contribution < 1.29 is 5.11 Å². The molecule has 0 saturated heterocycles. The van der Waals surface area contributed by atoms with E-state index in [0.717, 1.165) is 72.8 Å². The lowest BCUT2D eigenvalue weighted by molar-refractivity contribution is 0.475. The highest BCUT2D eigenvalue weighted by Crippen LogP contribution is 2.33. The third-order valence-corrected chi connectivity index (χ3v) is 6.98. The van der Waals surface area contributed by atoms with Gasteiger partial charge in [0.1, 0.15) is 5.75 Å². The summed E-state index contributed by atoms with van der Waals surface area (Å²) in [5.74, 6) is 0.221. The molecule has 7 rings (SSSR count). The number of aromatic amines is 2. The second-order valence-electron chi connectivity index (χ2n) is 9.50. The summed E-state index contributed by atoms with van der Waals surface area (Å²) in [6.07, 6.45) is 8.08. The average Bonchev–Trinajstić information content (AvgIpc) is 3.77. The molecule has 2 aliphatic heterocycles. The number of benzene rings is 2. The lowest BCUT2D eigenvalue weighted by atomic mass is 10.0. The molecule has 0 saturated carbocycles. The minimum Gasteiger partial charge on any atom is -0.508 e. The van der Waals surface area contributed by atoms with Crippen molar-refractivity contribution in [2.45, 2.75) is 0 Å². The average molecular weight is 536 g/mol. The molecule has 5 heterocycles. The number of thiocarbonyl (C=S) groups is 1. The molecular formula is C33H21N5OS. The maximum atomic E-state index is 9.86. The number of aliphatic imine (C=N–C) groups is 1. The first kappa shape index (κ1) is 23.7. The number of isothiocyanates is 1. The van der Waals surface area contributed by atoms with Crippen molar-refractivity contribution in [3.8, 4) is 28.0 Å². The Kier molecular flexibility index (Phi) is 5.78. The van der Waals surface area contributed by atoms with Crippen LogP contribution in [0, 0.1) is 0 Å². The van der Waals surface area contributed by atoms with Crippen molar-refractivity contribution in [3.63, 3.8) is 0 Å². The Labute approximate surface area is 234 Å². The van der Waals surface area contributed by atoms with E-state index in [2.05, 4.69) is 26.2 Å². The van der Waals surface area contributed by atoms with E-state index in [1.807, 2.05) is 91.0 Å². The number of nitrogens with zero attached hydrogens (tertiary/aromatic N) is 3. The molecule has 190 valence electrons. The number of hydrogen-bond acceptors (Lipinski definition) is 5. The van der Waals surface area contributed by atoms with Gasteiger partial charge in [-0.25, -0.2) is 9.97 Å². The zero-order valence-electron chi connectivity index (χ0n) is 21.1. The third-order valence-electron chi connectivity index (χ3n) is 6.88. The summed E-state index contributed by atoms with van der Waals surface area (Å²) in [4.78, 5) is 21.1. The highest BCUT2D eigenvalue weighted by molar-refractivity contribution is 7.78. The molecule has 0 atom stereocenters. The Morgan fingerprint density at radius 3 is 1.62 bits per heavy atom. The fourth-order valence-corrected chi connectivity index (χ4v) is 5.17. The van der Waals surface area contributed by atoms with Crippen molar-refractivity contribution in [3.05, 3.63) is 108 Å². The molecule has 5 aromatic rings.